The SMILES string of the molecule is CCNC(C#N)CCN1CCOC2CCCCC21. The third-order valence-corrected chi connectivity index (χ3v) is 4.16. The van der Waals surface area contributed by atoms with E-state index in [0.29, 0.717) is 12.1 Å². The van der Waals surface area contributed by atoms with E-state index in [0.717, 1.165) is 32.7 Å². The van der Waals surface area contributed by atoms with Crippen LogP contribution in [0.4, 0.5) is 0 Å². The minimum Gasteiger partial charge on any atom is -0.375 e. The van der Waals surface area contributed by atoms with Gasteiger partial charge in [-0.2, -0.15) is 5.26 Å². The van der Waals surface area contributed by atoms with Crippen LogP contribution in [0.5, 0.6) is 0 Å². The predicted molar refractivity (Wildman–Crippen MR) is 71.3 cm³/mol. The van der Waals surface area contributed by atoms with Crippen molar-refractivity contribution in [2.75, 3.05) is 26.2 Å². The van der Waals surface area contributed by atoms with Crippen molar-refractivity contribution >= 4 is 0 Å². The van der Waals surface area contributed by atoms with Crippen molar-refractivity contribution in [3.63, 3.8) is 0 Å². The molecular formula is C14H25N3O. The number of ether oxygens (including phenoxy) is 1. The van der Waals surface area contributed by atoms with Crippen LogP contribution in [-0.2, 0) is 4.74 Å². The van der Waals surface area contributed by atoms with Crippen LogP contribution in [0.2, 0.25) is 0 Å². The standard InChI is InChI=1S/C14H25N3O/c1-2-16-12(11-15)7-8-17-9-10-18-14-6-4-3-5-13(14)17/h12-14,16H,2-10H2,1H3. The smallest absolute Gasteiger partial charge is 0.0965 e. The number of hydrogen-bond donors (Lipinski definition) is 1. The lowest BCUT2D eigenvalue weighted by Gasteiger charge is -2.44. The summed E-state index contributed by atoms with van der Waals surface area (Å²) in [6.07, 6.45) is 6.50. The number of nitriles is 1. The van der Waals surface area contributed by atoms with Crippen LogP contribution in [-0.4, -0.2) is 49.3 Å². The number of rotatable bonds is 5. The molecule has 4 heteroatoms. The van der Waals surface area contributed by atoms with Gasteiger partial charge in [-0.1, -0.05) is 19.8 Å². The summed E-state index contributed by atoms with van der Waals surface area (Å²) in [5, 5.41) is 12.3. The van der Waals surface area contributed by atoms with Gasteiger partial charge in [0.25, 0.3) is 0 Å². The summed E-state index contributed by atoms with van der Waals surface area (Å²) in [6.45, 7) is 5.84. The molecule has 0 aromatic rings. The van der Waals surface area contributed by atoms with E-state index in [1.54, 1.807) is 0 Å². The number of fused-ring (bicyclic) bond motifs is 1. The predicted octanol–water partition coefficient (Wildman–Crippen LogP) is 1.52. The van der Waals surface area contributed by atoms with Crippen LogP contribution in [0.3, 0.4) is 0 Å². The topological polar surface area (TPSA) is 48.3 Å². The molecule has 1 aliphatic heterocycles. The van der Waals surface area contributed by atoms with E-state index in [9.17, 15) is 0 Å². The zero-order chi connectivity index (χ0) is 12.8. The molecule has 0 bridgehead atoms. The van der Waals surface area contributed by atoms with Crippen LogP contribution < -0.4 is 5.32 Å². The van der Waals surface area contributed by atoms with Gasteiger partial charge in [-0.15, -0.1) is 0 Å². The molecule has 1 saturated heterocycles. The zero-order valence-electron chi connectivity index (χ0n) is 11.4. The van der Waals surface area contributed by atoms with Crippen LogP contribution >= 0.6 is 0 Å². The second-order valence-corrected chi connectivity index (χ2v) is 5.33. The van der Waals surface area contributed by atoms with Gasteiger partial charge < -0.3 is 10.1 Å². The Balaban J connectivity index is 1.82. The molecular weight excluding hydrogens is 226 g/mol. The molecule has 102 valence electrons. The third-order valence-electron chi connectivity index (χ3n) is 4.16. The Bertz CT molecular complexity index is 287. The molecule has 3 atom stereocenters. The second kappa shape index (κ2) is 7.08. The van der Waals surface area contributed by atoms with Crippen LogP contribution in [0.1, 0.15) is 39.0 Å². The molecule has 0 aromatic carbocycles. The fourth-order valence-corrected chi connectivity index (χ4v) is 3.21. The minimum atomic E-state index is -0.000106. The fourth-order valence-electron chi connectivity index (χ4n) is 3.21. The maximum Gasteiger partial charge on any atom is 0.0965 e. The van der Waals surface area contributed by atoms with Crippen molar-refractivity contribution in [2.24, 2.45) is 0 Å². The van der Waals surface area contributed by atoms with Crippen molar-refractivity contribution < 1.29 is 4.74 Å². The fraction of sp³-hybridized carbons (Fsp3) is 0.929. The lowest BCUT2D eigenvalue weighted by Crippen LogP contribution is -2.53. The average molecular weight is 251 g/mol. The van der Waals surface area contributed by atoms with E-state index in [2.05, 4.69) is 23.2 Å². The molecule has 0 spiro atoms. The summed E-state index contributed by atoms with van der Waals surface area (Å²) >= 11 is 0. The molecule has 0 radical (unpaired) electrons. The Morgan fingerprint density at radius 2 is 2.28 bits per heavy atom. The van der Waals surface area contributed by atoms with Crippen molar-refractivity contribution in [1.29, 1.82) is 5.26 Å². The molecule has 4 nitrogen and oxygen atoms in total. The monoisotopic (exact) mass is 251 g/mol. The quantitative estimate of drug-likeness (QED) is 0.805. The van der Waals surface area contributed by atoms with Gasteiger partial charge in [0.05, 0.1) is 24.8 Å². The molecule has 1 aliphatic carbocycles. The summed E-state index contributed by atoms with van der Waals surface area (Å²) in [5.74, 6) is 0. The van der Waals surface area contributed by atoms with E-state index < -0.39 is 0 Å². The Hall–Kier alpha value is -0.630. The first-order valence-corrected chi connectivity index (χ1v) is 7.33. The minimum absolute atomic E-state index is 0.000106. The van der Waals surface area contributed by atoms with Gasteiger partial charge >= 0.3 is 0 Å². The van der Waals surface area contributed by atoms with Crippen molar-refractivity contribution in [3.05, 3.63) is 0 Å². The largest absolute Gasteiger partial charge is 0.375 e. The maximum atomic E-state index is 9.06. The summed E-state index contributed by atoms with van der Waals surface area (Å²) in [4.78, 5) is 2.55. The van der Waals surface area contributed by atoms with Crippen LogP contribution in [0.25, 0.3) is 0 Å². The second-order valence-electron chi connectivity index (χ2n) is 5.33. The maximum absolute atomic E-state index is 9.06. The highest BCUT2D eigenvalue weighted by Gasteiger charge is 2.33. The summed E-state index contributed by atoms with van der Waals surface area (Å²) in [5.41, 5.74) is 0. The van der Waals surface area contributed by atoms with Gasteiger partial charge in [0.2, 0.25) is 0 Å². The van der Waals surface area contributed by atoms with E-state index in [1.165, 1.54) is 25.7 Å². The molecule has 2 rings (SSSR count). The molecule has 3 unspecified atom stereocenters. The Morgan fingerprint density at radius 3 is 3.06 bits per heavy atom. The van der Waals surface area contributed by atoms with Crippen molar-refractivity contribution in [2.45, 2.75) is 57.2 Å². The third kappa shape index (κ3) is 3.44. The zero-order valence-corrected chi connectivity index (χ0v) is 11.4. The number of nitrogens with zero attached hydrogens (tertiary/aromatic N) is 2. The van der Waals surface area contributed by atoms with E-state index in [1.807, 2.05) is 0 Å². The molecule has 1 heterocycles. The Morgan fingerprint density at radius 1 is 1.44 bits per heavy atom. The molecule has 0 amide bonds. The molecule has 1 N–H and O–H groups in total. The van der Waals surface area contributed by atoms with Crippen LogP contribution in [0.15, 0.2) is 0 Å². The van der Waals surface area contributed by atoms with E-state index in [4.69, 9.17) is 10.00 Å². The highest BCUT2D eigenvalue weighted by Crippen LogP contribution is 2.28. The van der Waals surface area contributed by atoms with Crippen molar-refractivity contribution in [3.8, 4) is 6.07 Å². The lowest BCUT2D eigenvalue weighted by molar-refractivity contribution is -0.0884. The number of morpholine rings is 1. The molecule has 18 heavy (non-hydrogen) atoms. The van der Waals surface area contributed by atoms with Gasteiger partial charge in [0.15, 0.2) is 0 Å². The highest BCUT2D eigenvalue weighted by atomic mass is 16.5. The number of nitrogens with one attached hydrogen (secondary N) is 1. The lowest BCUT2D eigenvalue weighted by atomic mass is 9.90. The summed E-state index contributed by atoms with van der Waals surface area (Å²) < 4.78 is 5.87. The van der Waals surface area contributed by atoms with E-state index >= 15 is 0 Å². The first kappa shape index (κ1) is 13.8. The summed E-state index contributed by atoms with van der Waals surface area (Å²) in [6, 6.07) is 2.95. The molecule has 2 aliphatic rings. The first-order chi connectivity index (χ1) is 8.85. The Labute approximate surface area is 110 Å². The van der Waals surface area contributed by atoms with Gasteiger partial charge in [0, 0.05) is 19.1 Å². The van der Waals surface area contributed by atoms with Gasteiger partial charge in [-0.05, 0) is 25.8 Å². The molecule has 2 fully saturated rings. The van der Waals surface area contributed by atoms with Crippen LogP contribution in [0, 0.1) is 11.3 Å². The van der Waals surface area contributed by atoms with Gasteiger partial charge in [0.1, 0.15) is 0 Å². The normalized spacial score (nSPS) is 30.4. The number of hydrogen-bond acceptors (Lipinski definition) is 4. The van der Waals surface area contributed by atoms with Crippen molar-refractivity contribution in [1.82, 2.24) is 10.2 Å². The van der Waals surface area contributed by atoms with Gasteiger partial charge in [-0.3, -0.25) is 4.90 Å². The Kier molecular flexibility index (Phi) is 5.43. The highest BCUT2D eigenvalue weighted by molar-refractivity contribution is 4.92. The first-order valence-electron chi connectivity index (χ1n) is 7.33. The summed E-state index contributed by atoms with van der Waals surface area (Å²) in [7, 11) is 0. The molecule has 1 saturated carbocycles. The van der Waals surface area contributed by atoms with E-state index in [-0.39, 0.29) is 6.04 Å². The molecule has 0 aromatic heterocycles. The average Bonchev–Trinajstić information content (AvgIpc) is 2.43. The van der Waals surface area contributed by atoms with Gasteiger partial charge in [-0.25, -0.2) is 0 Å².